The highest BCUT2D eigenvalue weighted by molar-refractivity contribution is 5.81. The third kappa shape index (κ3) is 2.46. The summed E-state index contributed by atoms with van der Waals surface area (Å²) in [5, 5.41) is 6.13. The summed E-state index contributed by atoms with van der Waals surface area (Å²) in [6.07, 6.45) is 5.94. The first-order valence-electron chi connectivity index (χ1n) is 6.68. The van der Waals surface area contributed by atoms with Gasteiger partial charge in [0.05, 0.1) is 18.3 Å². The summed E-state index contributed by atoms with van der Waals surface area (Å²) in [6.45, 7) is 3.46. The topological polar surface area (TPSA) is 58.4 Å². The Morgan fingerprint density at radius 2 is 2.53 bits per heavy atom. The molecule has 1 amide bonds. The fourth-order valence-electron chi connectivity index (χ4n) is 2.50. The molecule has 5 heteroatoms. The van der Waals surface area contributed by atoms with Crippen molar-refractivity contribution in [3.63, 3.8) is 0 Å². The highest BCUT2D eigenvalue weighted by Gasteiger charge is 2.21. The summed E-state index contributed by atoms with van der Waals surface area (Å²) in [5.41, 5.74) is 2.98. The maximum absolute atomic E-state index is 11.9. The fourth-order valence-corrected chi connectivity index (χ4v) is 2.50. The Balaban J connectivity index is 1.68. The molecule has 19 heavy (non-hydrogen) atoms. The molecule has 0 saturated carbocycles. The number of nitrogens with one attached hydrogen (secondary N) is 2. The summed E-state index contributed by atoms with van der Waals surface area (Å²) in [5.74, 6) is 0.0753. The molecule has 2 N–H and O–H groups in total. The van der Waals surface area contributed by atoms with Crippen LogP contribution in [0.3, 0.4) is 0 Å². The molecule has 100 valence electrons. The van der Waals surface area contributed by atoms with Gasteiger partial charge in [0.2, 0.25) is 5.91 Å². The van der Waals surface area contributed by atoms with Crippen LogP contribution in [-0.4, -0.2) is 27.9 Å². The Morgan fingerprint density at radius 1 is 1.63 bits per heavy atom. The van der Waals surface area contributed by atoms with E-state index in [0.29, 0.717) is 6.54 Å². The molecule has 5 nitrogen and oxygen atoms in total. The molecule has 0 bridgehead atoms. The first kappa shape index (κ1) is 12.2. The van der Waals surface area contributed by atoms with E-state index < -0.39 is 0 Å². The van der Waals surface area contributed by atoms with Crippen LogP contribution in [0.2, 0.25) is 0 Å². The van der Waals surface area contributed by atoms with Crippen molar-refractivity contribution in [3.8, 4) is 0 Å². The summed E-state index contributed by atoms with van der Waals surface area (Å²) in [4.78, 5) is 16.4. The van der Waals surface area contributed by atoms with Crippen molar-refractivity contribution in [3.05, 3.63) is 35.8 Å². The van der Waals surface area contributed by atoms with Gasteiger partial charge in [0.1, 0.15) is 5.65 Å². The van der Waals surface area contributed by atoms with Gasteiger partial charge in [-0.1, -0.05) is 6.07 Å². The lowest BCUT2D eigenvalue weighted by atomic mass is 10.2. The minimum Gasteiger partial charge on any atom is -0.349 e. The molecule has 1 fully saturated rings. The zero-order chi connectivity index (χ0) is 13.2. The first-order valence-corrected chi connectivity index (χ1v) is 6.68. The van der Waals surface area contributed by atoms with Gasteiger partial charge in [-0.15, -0.1) is 0 Å². The number of pyridine rings is 1. The number of rotatable bonds is 3. The minimum absolute atomic E-state index is 0.0289. The number of hydrogen-bond acceptors (Lipinski definition) is 3. The monoisotopic (exact) mass is 258 g/mol. The number of aryl methyl sites for hydroxylation is 1. The van der Waals surface area contributed by atoms with Crippen molar-refractivity contribution in [2.75, 3.05) is 6.54 Å². The van der Waals surface area contributed by atoms with Crippen LogP contribution in [0.4, 0.5) is 0 Å². The number of imidazole rings is 1. The minimum atomic E-state index is -0.0289. The number of aromatic nitrogens is 2. The van der Waals surface area contributed by atoms with E-state index in [0.717, 1.165) is 36.3 Å². The predicted octanol–water partition coefficient (Wildman–Crippen LogP) is 1.01. The zero-order valence-corrected chi connectivity index (χ0v) is 11.0. The average molecular weight is 258 g/mol. The number of amides is 1. The molecular weight excluding hydrogens is 240 g/mol. The summed E-state index contributed by atoms with van der Waals surface area (Å²) in [6, 6.07) is 4.00. The molecule has 1 unspecified atom stereocenters. The van der Waals surface area contributed by atoms with Gasteiger partial charge in [-0.2, -0.15) is 0 Å². The van der Waals surface area contributed by atoms with E-state index in [1.165, 1.54) is 0 Å². The van der Waals surface area contributed by atoms with E-state index in [4.69, 9.17) is 0 Å². The van der Waals surface area contributed by atoms with E-state index in [1.807, 2.05) is 35.9 Å². The second-order valence-electron chi connectivity index (χ2n) is 5.02. The van der Waals surface area contributed by atoms with Gasteiger partial charge < -0.3 is 15.0 Å². The number of fused-ring (bicyclic) bond motifs is 1. The molecule has 2 aromatic heterocycles. The summed E-state index contributed by atoms with van der Waals surface area (Å²) >= 11 is 0. The summed E-state index contributed by atoms with van der Waals surface area (Å²) < 4.78 is 1.99. The van der Waals surface area contributed by atoms with Crippen molar-refractivity contribution in [1.29, 1.82) is 0 Å². The third-order valence-electron chi connectivity index (χ3n) is 3.55. The Labute approximate surface area is 112 Å². The molecule has 3 rings (SSSR count). The normalized spacial score (nSPS) is 18.9. The molecule has 1 saturated heterocycles. The molecule has 3 heterocycles. The van der Waals surface area contributed by atoms with E-state index in [9.17, 15) is 4.79 Å². The molecule has 2 aromatic rings. The molecule has 0 spiro atoms. The molecule has 1 aliphatic rings. The molecule has 1 atom stereocenters. The standard InChI is InChI=1S/C14H18N4O/c1-10-4-3-7-18-9-11(17-13(10)18)8-16-14(19)12-5-2-6-15-12/h3-4,7,9,12,15H,2,5-6,8H2,1H3,(H,16,19). The number of carbonyl (C=O) groups is 1. The van der Waals surface area contributed by atoms with Crippen LogP contribution in [0.25, 0.3) is 5.65 Å². The Kier molecular flexibility index (Phi) is 3.21. The van der Waals surface area contributed by atoms with Crippen LogP contribution in [0.5, 0.6) is 0 Å². The molecule has 1 aliphatic heterocycles. The SMILES string of the molecule is Cc1cccn2cc(CNC(=O)C3CCCN3)nc12. The van der Waals surface area contributed by atoms with Gasteiger partial charge in [-0.25, -0.2) is 4.98 Å². The largest absolute Gasteiger partial charge is 0.349 e. The van der Waals surface area contributed by atoms with E-state index in [1.54, 1.807) is 0 Å². The maximum atomic E-state index is 11.9. The highest BCUT2D eigenvalue weighted by atomic mass is 16.2. The first-order chi connectivity index (χ1) is 9.24. The smallest absolute Gasteiger partial charge is 0.237 e. The average Bonchev–Trinajstić information content (AvgIpc) is 3.05. The lowest BCUT2D eigenvalue weighted by Crippen LogP contribution is -2.40. The Bertz CT molecular complexity index is 599. The molecule has 0 aromatic carbocycles. The van der Waals surface area contributed by atoms with Crippen LogP contribution in [0.1, 0.15) is 24.1 Å². The van der Waals surface area contributed by atoms with E-state index in [-0.39, 0.29) is 11.9 Å². The van der Waals surface area contributed by atoms with Gasteiger partial charge in [0.25, 0.3) is 0 Å². The zero-order valence-electron chi connectivity index (χ0n) is 11.0. The highest BCUT2D eigenvalue weighted by Crippen LogP contribution is 2.10. The van der Waals surface area contributed by atoms with Crippen LogP contribution in [0, 0.1) is 6.92 Å². The Morgan fingerprint density at radius 3 is 3.26 bits per heavy atom. The van der Waals surface area contributed by atoms with Crippen LogP contribution >= 0.6 is 0 Å². The lowest BCUT2D eigenvalue weighted by molar-refractivity contribution is -0.122. The number of hydrogen-bond donors (Lipinski definition) is 2. The predicted molar refractivity (Wildman–Crippen MR) is 72.8 cm³/mol. The van der Waals surface area contributed by atoms with Crippen molar-refractivity contribution in [2.45, 2.75) is 32.4 Å². The maximum Gasteiger partial charge on any atom is 0.237 e. The van der Waals surface area contributed by atoms with Crippen LogP contribution in [0.15, 0.2) is 24.5 Å². The van der Waals surface area contributed by atoms with Crippen LogP contribution < -0.4 is 10.6 Å². The van der Waals surface area contributed by atoms with E-state index >= 15 is 0 Å². The Hall–Kier alpha value is -1.88. The molecule has 0 radical (unpaired) electrons. The third-order valence-corrected chi connectivity index (χ3v) is 3.55. The molecular formula is C14H18N4O. The fraction of sp³-hybridized carbons (Fsp3) is 0.429. The van der Waals surface area contributed by atoms with Crippen LogP contribution in [-0.2, 0) is 11.3 Å². The lowest BCUT2D eigenvalue weighted by Gasteiger charge is -2.09. The number of nitrogens with zero attached hydrogens (tertiary/aromatic N) is 2. The van der Waals surface area contributed by atoms with Crippen molar-refractivity contribution < 1.29 is 4.79 Å². The molecule has 0 aliphatic carbocycles. The quantitative estimate of drug-likeness (QED) is 0.864. The van der Waals surface area contributed by atoms with E-state index in [2.05, 4.69) is 15.6 Å². The van der Waals surface area contributed by atoms with Crippen molar-refractivity contribution >= 4 is 11.6 Å². The number of carbonyl (C=O) groups excluding carboxylic acids is 1. The van der Waals surface area contributed by atoms with Crippen molar-refractivity contribution in [2.24, 2.45) is 0 Å². The van der Waals surface area contributed by atoms with Gasteiger partial charge in [-0.3, -0.25) is 4.79 Å². The van der Waals surface area contributed by atoms with Gasteiger partial charge in [0, 0.05) is 12.4 Å². The van der Waals surface area contributed by atoms with Crippen molar-refractivity contribution in [1.82, 2.24) is 20.0 Å². The van der Waals surface area contributed by atoms with Gasteiger partial charge in [0.15, 0.2) is 0 Å². The van der Waals surface area contributed by atoms with Gasteiger partial charge in [-0.05, 0) is 37.9 Å². The second-order valence-corrected chi connectivity index (χ2v) is 5.02. The summed E-state index contributed by atoms with van der Waals surface area (Å²) in [7, 11) is 0. The second kappa shape index (κ2) is 5.01. The van der Waals surface area contributed by atoms with Gasteiger partial charge >= 0.3 is 0 Å².